The first-order valence-electron chi connectivity index (χ1n) is 4.90. The first-order chi connectivity index (χ1) is 6.79. The standard InChI is InChI=1S/C11H15NO2/c1-8-2-3-10-11(6-8)14-7-9(12-10)4-5-13/h2-3,6,9,12-13H,4-5,7H2,1H3. The molecule has 1 atom stereocenters. The quantitative estimate of drug-likeness (QED) is 0.748. The van der Waals surface area contributed by atoms with E-state index in [2.05, 4.69) is 11.4 Å². The second-order valence-electron chi connectivity index (χ2n) is 3.66. The largest absolute Gasteiger partial charge is 0.489 e. The minimum atomic E-state index is 0.197. The summed E-state index contributed by atoms with van der Waals surface area (Å²) in [5.74, 6) is 0.916. The zero-order valence-corrected chi connectivity index (χ0v) is 8.29. The molecule has 0 aromatic heterocycles. The maximum Gasteiger partial charge on any atom is 0.142 e. The zero-order valence-electron chi connectivity index (χ0n) is 8.29. The van der Waals surface area contributed by atoms with Crippen LogP contribution in [0.2, 0.25) is 0 Å². The fourth-order valence-corrected chi connectivity index (χ4v) is 1.63. The number of aliphatic hydroxyl groups excluding tert-OH is 1. The van der Waals surface area contributed by atoms with Crippen molar-refractivity contribution in [3.05, 3.63) is 23.8 Å². The molecule has 1 aromatic carbocycles. The van der Waals surface area contributed by atoms with Crippen LogP contribution in [-0.2, 0) is 0 Å². The van der Waals surface area contributed by atoms with E-state index in [4.69, 9.17) is 9.84 Å². The highest BCUT2D eigenvalue weighted by Crippen LogP contribution is 2.30. The fraction of sp³-hybridized carbons (Fsp3) is 0.455. The Morgan fingerprint density at radius 1 is 1.57 bits per heavy atom. The number of ether oxygens (including phenoxy) is 1. The zero-order chi connectivity index (χ0) is 9.97. The Balaban J connectivity index is 2.15. The van der Waals surface area contributed by atoms with Crippen molar-refractivity contribution < 1.29 is 9.84 Å². The van der Waals surface area contributed by atoms with Crippen LogP contribution in [0.15, 0.2) is 18.2 Å². The highest BCUT2D eigenvalue weighted by molar-refractivity contribution is 5.59. The minimum absolute atomic E-state index is 0.197. The number of benzene rings is 1. The van der Waals surface area contributed by atoms with Crippen molar-refractivity contribution in [1.82, 2.24) is 0 Å². The van der Waals surface area contributed by atoms with Crippen LogP contribution in [0, 0.1) is 6.92 Å². The molecule has 0 fully saturated rings. The lowest BCUT2D eigenvalue weighted by Crippen LogP contribution is -2.32. The number of anilines is 1. The summed E-state index contributed by atoms with van der Waals surface area (Å²) in [6, 6.07) is 6.33. The molecule has 3 heteroatoms. The molecule has 14 heavy (non-hydrogen) atoms. The van der Waals surface area contributed by atoms with Gasteiger partial charge in [-0.2, -0.15) is 0 Å². The van der Waals surface area contributed by atoms with Crippen molar-refractivity contribution in [1.29, 1.82) is 0 Å². The number of hydrogen-bond donors (Lipinski definition) is 2. The molecule has 0 spiro atoms. The third-order valence-electron chi connectivity index (χ3n) is 2.41. The van der Waals surface area contributed by atoms with Gasteiger partial charge in [0, 0.05) is 6.61 Å². The van der Waals surface area contributed by atoms with E-state index in [9.17, 15) is 0 Å². The van der Waals surface area contributed by atoms with Crippen LogP contribution in [0.5, 0.6) is 5.75 Å². The number of hydrogen-bond acceptors (Lipinski definition) is 3. The molecule has 0 radical (unpaired) electrons. The summed E-state index contributed by atoms with van der Waals surface area (Å²) in [5.41, 5.74) is 2.23. The van der Waals surface area contributed by atoms with Gasteiger partial charge in [0.05, 0.1) is 11.7 Å². The molecule has 0 bridgehead atoms. The maximum atomic E-state index is 8.82. The van der Waals surface area contributed by atoms with Gasteiger partial charge in [-0.25, -0.2) is 0 Å². The van der Waals surface area contributed by atoms with Gasteiger partial charge in [0.15, 0.2) is 0 Å². The first-order valence-corrected chi connectivity index (χ1v) is 4.90. The number of fused-ring (bicyclic) bond motifs is 1. The van der Waals surface area contributed by atoms with Gasteiger partial charge in [-0.1, -0.05) is 6.07 Å². The molecule has 1 aromatic rings. The molecule has 2 N–H and O–H groups in total. The second-order valence-corrected chi connectivity index (χ2v) is 3.66. The van der Waals surface area contributed by atoms with Crippen molar-refractivity contribution in [2.24, 2.45) is 0 Å². The van der Waals surface area contributed by atoms with Gasteiger partial charge in [-0.3, -0.25) is 0 Å². The van der Waals surface area contributed by atoms with E-state index >= 15 is 0 Å². The Bertz CT molecular complexity index is 325. The van der Waals surface area contributed by atoms with E-state index < -0.39 is 0 Å². The van der Waals surface area contributed by atoms with E-state index in [1.54, 1.807) is 0 Å². The van der Waals surface area contributed by atoms with Gasteiger partial charge in [0.1, 0.15) is 12.4 Å². The Kier molecular flexibility index (Phi) is 2.59. The summed E-state index contributed by atoms with van der Waals surface area (Å²) in [7, 11) is 0. The van der Waals surface area contributed by atoms with Crippen LogP contribution >= 0.6 is 0 Å². The molecule has 2 rings (SSSR count). The fourth-order valence-electron chi connectivity index (χ4n) is 1.63. The van der Waals surface area contributed by atoms with Crippen LogP contribution in [-0.4, -0.2) is 24.4 Å². The molecule has 1 aliphatic rings. The van der Waals surface area contributed by atoms with Crippen LogP contribution in [0.3, 0.4) is 0 Å². The maximum absolute atomic E-state index is 8.82. The normalized spacial score (nSPS) is 19.4. The minimum Gasteiger partial charge on any atom is -0.489 e. The number of aryl methyl sites for hydroxylation is 1. The highest BCUT2D eigenvalue weighted by Gasteiger charge is 2.17. The van der Waals surface area contributed by atoms with Crippen molar-refractivity contribution in [2.45, 2.75) is 19.4 Å². The Morgan fingerprint density at radius 2 is 2.43 bits per heavy atom. The van der Waals surface area contributed by atoms with Crippen molar-refractivity contribution >= 4 is 5.69 Å². The monoisotopic (exact) mass is 193 g/mol. The van der Waals surface area contributed by atoms with Gasteiger partial charge in [-0.05, 0) is 31.0 Å². The molecule has 0 aliphatic carbocycles. The lowest BCUT2D eigenvalue weighted by molar-refractivity contribution is 0.233. The average Bonchev–Trinajstić information content (AvgIpc) is 2.19. The van der Waals surface area contributed by atoms with Gasteiger partial charge in [-0.15, -0.1) is 0 Å². The average molecular weight is 193 g/mol. The van der Waals surface area contributed by atoms with E-state index in [1.165, 1.54) is 5.56 Å². The van der Waals surface area contributed by atoms with Crippen LogP contribution < -0.4 is 10.1 Å². The van der Waals surface area contributed by atoms with Gasteiger partial charge in [0.25, 0.3) is 0 Å². The third kappa shape index (κ3) is 1.82. The number of nitrogens with one attached hydrogen (secondary N) is 1. The van der Waals surface area contributed by atoms with Crippen molar-refractivity contribution in [3.63, 3.8) is 0 Å². The molecule has 3 nitrogen and oxygen atoms in total. The molecular formula is C11H15NO2. The summed E-state index contributed by atoms with van der Waals surface area (Å²) in [5, 5.41) is 12.2. The molecule has 76 valence electrons. The van der Waals surface area contributed by atoms with Gasteiger partial charge in [0.2, 0.25) is 0 Å². The summed E-state index contributed by atoms with van der Waals surface area (Å²) in [4.78, 5) is 0. The smallest absolute Gasteiger partial charge is 0.142 e. The lowest BCUT2D eigenvalue weighted by atomic mass is 10.1. The van der Waals surface area contributed by atoms with Crippen LogP contribution in [0.4, 0.5) is 5.69 Å². The van der Waals surface area contributed by atoms with Crippen LogP contribution in [0.1, 0.15) is 12.0 Å². The third-order valence-corrected chi connectivity index (χ3v) is 2.41. The van der Waals surface area contributed by atoms with Crippen molar-refractivity contribution in [3.8, 4) is 5.75 Å². The summed E-state index contributed by atoms with van der Waals surface area (Å²) in [6.45, 7) is 2.88. The SMILES string of the molecule is Cc1ccc2c(c1)OCC(CCO)N2. The number of aliphatic hydroxyl groups is 1. The topological polar surface area (TPSA) is 41.5 Å². The molecule has 0 saturated carbocycles. The Morgan fingerprint density at radius 3 is 3.21 bits per heavy atom. The van der Waals surface area contributed by atoms with Gasteiger partial charge < -0.3 is 15.2 Å². The van der Waals surface area contributed by atoms with Crippen LogP contribution in [0.25, 0.3) is 0 Å². The molecule has 0 amide bonds. The summed E-state index contributed by atoms with van der Waals surface area (Å²) in [6.07, 6.45) is 0.729. The molecule has 1 aliphatic heterocycles. The van der Waals surface area contributed by atoms with E-state index in [0.29, 0.717) is 6.61 Å². The predicted molar refractivity (Wildman–Crippen MR) is 55.8 cm³/mol. The molecular weight excluding hydrogens is 178 g/mol. The molecule has 1 heterocycles. The molecule has 0 saturated heterocycles. The van der Waals surface area contributed by atoms with E-state index in [-0.39, 0.29) is 12.6 Å². The Labute approximate surface area is 83.7 Å². The van der Waals surface area contributed by atoms with E-state index in [0.717, 1.165) is 17.9 Å². The first kappa shape index (κ1) is 9.34. The van der Waals surface area contributed by atoms with Crippen molar-refractivity contribution in [2.75, 3.05) is 18.5 Å². The Hall–Kier alpha value is -1.22. The predicted octanol–water partition coefficient (Wildman–Crippen LogP) is 1.55. The summed E-state index contributed by atoms with van der Waals surface area (Å²) >= 11 is 0. The highest BCUT2D eigenvalue weighted by atomic mass is 16.5. The number of rotatable bonds is 2. The van der Waals surface area contributed by atoms with Gasteiger partial charge >= 0.3 is 0 Å². The lowest BCUT2D eigenvalue weighted by Gasteiger charge is -2.27. The molecule has 1 unspecified atom stereocenters. The second kappa shape index (κ2) is 3.88. The summed E-state index contributed by atoms with van der Waals surface area (Å²) < 4.78 is 5.60. The van der Waals surface area contributed by atoms with E-state index in [1.807, 2.05) is 19.1 Å².